The molecule has 3 N–H and O–H groups in total. The number of pyridine rings is 1. The molecule has 0 bridgehead atoms. The summed E-state index contributed by atoms with van der Waals surface area (Å²) in [6.45, 7) is 0.622. The van der Waals surface area contributed by atoms with Crippen LogP contribution in [0, 0.1) is 11.6 Å². The van der Waals surface area contributed by atoms with Gasteiger partial charge in [0.05, 0.1) is 29.1 Å². The monoisotopic (exact) mass is 441 g/mol. The van der Waals surface area contributed by atoms with Gasteiger partial charge in [-0.05, 0) is 62.8 Å². The molecule has 1 atom stereocenters. The van der Waals surface area contributed by atoms with Gasteiger partial charge in [0.25, 0.3) is 0 Å². The molecule has 168 valence electrons. The summed E-state index contributed by atoms with van der Waals surface area (Å²) in [4.78, 5) is 18.3. The summed E-state index contributed by atoms with van der Waals surface area (Å²) in [5.41, 5.74) is 6.68. The van der Waals surface area contributed by atoms with Crippen molar-refractivity contribution in [2.75, 3.05) is 11.4 Å². The van der Waals surface area contributed by atoms with E-state index in [4.69, 9.17) is 10.8 Å². The maximum Gasteiger partial charge on any atom is 0.250 e. The molecule has 1 aliphatic carbocycles. The number of nitrogens with zero attached hydrogens (tertiary/aromatic N) is 4. The molecular weight excluding hydrogens is 416 g/mol. The van der Waals surface area contributed by atoms with Gasteiger partial charge in [0.2, 0.25) is 5.91 Å². The zero-order valence-electron chi connectivity index (χ0n) is 17.5. The lowest BCUT2D eigenvalue weighted by molar-refractivity contribution is 0.0999. The predicted molar refractivity (Wildman–Crippen MR) is 115 cm³/mol. The number of halogens is 2. The van der Waals surface area contributed by atoms with Gasteiger partial charge in [-0.1, -0.05) is 0 Å². The Kier molecular flexibility index (Phi) is 5.28. The van der Waals surface area contributed by atoms with Crippen LogP contribution in [0.2, 0.25) is 0 Å². The zero-order valence-corrected chi connectivity index (χ0v) is 17.5. The summed E-state index contributed by atoms with van der Waals surface area (Å²) < 4.78 is 30.4. The SMILES string of the molecule is NC(=O)c1cnc2c(c1)c(N1CCC[C@@H]1c1cc(F)ccc1F)nn2C1CCC(O)CC1. The normalized spacial score (nSPS) is 23.7. The van der Waals surface area contributed by atoms with Gasteiger partial charge < -0.3 is 15.7 Å². The summed E-state index contributed by atoms with van der Waals surface area (Å²) in [6, 6.07) is 4.88. The second-order valence-corrected chi connectivity index (χ2v) is 8.71. The van der Waals surface area contributed by atoms with E-state index in [1.54, 1.807) is 6.07 Å². The standard InChI is InChI=1S/C23H25F2N5O2/c24-14-3-8-19(25)17(11-14)20-2-1-9-29(20)23-18-10-13(21(26)32)12-27-22(18)30(28-23)15-4-6-16(31)7-5-15/h3,8,10-12,15-16,20,31H,1-2,4-7,9H2,(H2,26,32)/t15?,16?,20-/m1/s1. The number of aliphatic hydroxyl groups is 1. The van der Waals surface area contributed by atoms with Crippen molar-refractivity contribution >= 4 is 22.8 Å². The van der Waals surface area contributed by atoms with Gasteiger partial charge in [-0.2, -0.15) is 5.10 Å². The number of amides is 1. The molecule has 2 aromatic heterocycles. The minimum absolute atomic E-state index is 0.0635. The molecule has 2 aliphatic rings. The molecule has 1 saturated carbocycles. The Hall–Kier alpha value is -3.07. The van der Waals surface area contributed by atoms with Crippen LogP contribution in [-0.4, -0.2) is 38.4 Å². The minimum atomic E-state index is -0.590. The van der Waals surface area contributed by atoms with Crippen LogP contribution in [0.5, 0.6) is 0 Å². The van der Waals surface area contributed by atoms with E-state index in [1.165, 1.54) is 12.3 Å². The Labute approximate surface area is 183 Å². The number of primary amides is 1. The molecule has 1 aliphatic heterocycles. The smallest absolute Gasteiger partial charge is 0.250 e. The second-order valence-electron chi connectivity index (χ2n) is 8.71. The minimum Gasteiger partial charge on any atom is -0.393 e. The van der Waals surface area contributed by atoms with Crippen molar-refractivity contribution < 1.29 is 18.7 Å². The fraction of sp³-hybridized carbons (Fsp3) is 0.435. The van der Waals surface area contributed by atoms with E-state index < -0.39 is 17.5 Å². The molecule has 9 heteroatoms. The molecule has 2 fully saturated rings. The number of hydrogen-bond donors (Lipinski definition) is 2. The van der Waals surface area contributed by atoms with Gasteiger partial charge in [0, 0.05) is 18.3 Å². The van der Waals surface area contributed by atoms with Crippen molar-refractivity contribution in [3.05, 3.63) is 53.2 Å². The maximum atomic E-state index is 14.6. The van der Waals surface area contributed by atoms with Gasteiger partial charge in [0.15, 0.2) is 11.5 Å². The summed E-state index contributed by atoms with van der Waals surface area (Å²) in [5.74, 6) is -0.938. The van der Waals surface area contributed by atoms with Crippen LogP contribution in [0.4, 0.5) is 14.6 Å². The number of anilines is 1. The number of hydrogen-bond acceptors (Lipinski definition) is 5. The molecule has 3 heterocycles. The molecule has 5 rings (SSSR count). The van der Waals surface area contributed by atoms with Crippen LogP contribution in [0.25, 0.3) is 11.0 Å². The number of carbonyl (C=O) groups excluding carboxylic acids is 1. The molecule has 7 nitrogen and oxygen atoms in total. The third-order valence-electron chi connectivity index (χ3n) is 6.67. The van der Waals surface area contributed by atoms with Crippen molar-refractivity contribution in [3.63, 3.8) is 0 Å². The highest BCUT2D eigenvalue weighted by Crippen LogP contribution is 2.41. The van der Waals surface area contributed by atoms with Crippen molar-refractivity contribution in [1.29, 1.82) is 0 Å². The highest BCUT2D eigenvalue weighted by molar-refractivity contribution is 5.98. The number of benzene rings is 1. The number of nitrogens with two attached hydrogens (primary N) is 1. The first-order valence-corrected chi connectivity index (χ1v) is 11.0. The molecule has 1 amide bonds. The van der Waals surface area contributed by atoms with E-state index in [0.29, 0.717) is 48.2 Å². The first-order valence-electron chi connectivity index (χ1n) is 11.0. The lowest BCUT2D eigenvalue weighted by atomic mass is 9.93. The lowest BCUT2D eigenvalue weighted by Gasteiger charge is -2.27. The van der Waals surface area contributed by atoms with Gasteiger partial charge in [-0.25, -0.2) is 18.4 Å². The zero-order chi connectivity index (χ0) is 22.4. The van der Waals surface area contributed by atoms with Crippen molar-refractivity contribution in [2.24, 2.45) is 5.73 Å². The van der Waals surface area contributed by atoms with Gasteiger partial charge in [0.1, 0.15) is 11.6 Å². The van der Waals surface area contributed by atoms with Gasteiger partial charge in [-0.15, -0.1) is 0 Å². The van der Waals surface area contributed by atoms with Crippen LogP contribution in [-0.2, 0) is 0 Å². The quantitative estimate of drug-likeness (QED) is 0.645. The summed E-state index contributed by atoms with van der Waals surface area (Å²) in [7, 11) is 0. The van der Waals surface area contributed by atoms with Crippen molar-refractivity contribution in [3.8, 4) is 0 Å². The number of carbonyl (C=O) groups is 1. The van der Waals surface area contributed by atoms with E-state index >= 15 is 0 Å². The highest BCUT2D eigenvalue weighted by atomic mass is 19.1. The first kappa shape index (κ1) is 20.8. The Bertz CT molecular complexity index is 1170. The Morgan fingerprint density at radius 1 is 1.12 bits per heavy atom. The average molecular weight is 441 g/mol. The van der Waals surface area contributed by atoms with Gasteiger partial charge >= 0.3 is 0 Å². The van der Waals surface area contributed by atoms with Crippen LogP contribution in [0.15, 0.2) is 30.5 Å². The van der Waals surface area contributed by atoms with Gasteiger partial charge in [-0.3, -0.25) is 4.79 Å². The number of rotatable bonds is 4. The Balaban J connectivity index is 1.62. The lowest BCUT2D eigenvalue weighted by Crippen LogP contribution is -2.25. The fourth-order valence-corrected chi connectivity index (χ4v) is 5.03. The van der Waals surface area contributed by atoms with Crippen LogP contribution >= 0.6 is 0 Å². The largest absolute Gasteiger partial charge is 0.393 e. The van der Waals surface area contributed by atoms with Crippen LogP contribution < -0.4 is 10.6 Å². The molecule has 1 saturated heterocycles. The third-order valence-corrected chi connectivity index (χ3v) is 6.67. The Morgan fingerprint density at radius 2 is 1.91 bits per heavy atom. The topological polar surface area (TPSA) is 97.3 Å². The van der Waals surface area contributed by atoms with E-state index in [0.717, 1.165) is 31.4 Å². The van der Waals surface area contributed by atoms with E-state index in [-0.39, 0.29) is 23.8 Å². The van der Waals surface area contributed by atoms with Crippen LogP contribution in [0.1, 0.15) is 66.5 Å². The molecular formula is C23H25F2N5O2. The number of aromatic nitrogens is 3. The maximum absolute atomic E-state index is 14.6. The molecule has 1 aromatic carbocycles. The average Bonchev–Trinajstić information content (AvgIpc) is 3.40. The molecule has 32 heavy (non-hydrogen) atoms. The van der Waals surface area contributed by atoms with Crippen molar-refractivity contribution in [1.82, 2.24) is 14.8 Å². The number of fused-ring (bicyclic) bond motifs is 1. The van der Waals surface area contributed by atoms with E-state index in [2.05, 4.69) is 4.98 Å². The summed E-state index contributed by atoms with van der Waals surface area (Å²) in [6.07, 6.45) is 5.49. The number of aliphatic hydroxyl groups excluding tert-OH is 1. The van der Waals surface area contributed by atoms with Crippen LogP contribution in [0.3, 0.4) is 0 Å². The van der Waals surface area contributed by atoms with E-state index in [9.17, 15) is 18.7 Å². The fourth-order valence-electron chi connectivity index (χ4n) is 5.03. The molecule has 0 spiro atoms. The molecule has 3 aromatic rings. The first-order chi connectivity index (χ1) is 15.4. The second kappa shape index (κ2) is 8.12. The van der Waals surface area contributed by atoms with Crippen molar-refractivity contribution in [2.45, 2.75) is 56.7 Å². The third kappa shape index (κ3) is 3.60. The summed E-state index contributed by atoms with van der Waals surface area (Å²) in [5, 5.41) is 15.4. The summed E-state index contributed by atoms with van der Waals surface area (Å²) >= 11 is 0. The van der Waals surface area contributed by atoms with E-state index in [1.807, 2.05) is 9.58 Å². The molecule has 0 unspecified atom stereocenters. The highest BCUT2D eigenvalue weighted by Gasteiger charge is 2.33. The molecule has 0 radical (unpaired) electrons. The Morgan fingerprint density at radius 3 is 2.66 bits per heavy atom. The predicted octanol–water partition coefficient (Wildman–Crippen LogP) is 3.63.